The number of aliphatic hydroxyl groups is 1. The molecule has 1 N–H and O–H groups in total. The van der Waals surface area contributed by atoms with Gasteiger partial charge in [-0.3, -0.25) is 4.98 Å². The number of rotatable bonds is 3. The molecule has 1 fully saturated rings. The molecule has 1 aliphatic carbocycles. The summed E-state index contributed by atoms with van der Waals surface area (Å²) in [4.78, 5) is 4.20. The van der Waals surface area contributed by atoms with Crippen LogP contribution in [0.25, 0.3) is 0 Å². The summed E-state index contributed by atoms with van der Waals surface area (Å²) in [6.45, 7) is 1.85. The SMILES string of the molecule is Cc1ccc(OC2CC2)c(CO)n1. The number of aryl methyl sites for hydroxylation is 1. The minimum Gasteiger partial charge on any atom is -0.488 e. The van der Waals surface area contributed by atoms with Crippen LogP contribution in [0.3, 0.4) is 0 Å². The Morgan fingerprint density at radius 3 is 2.92 bits per heavy atom. The summed E-state index contributed by atoms with van der Waals surface area (Å²) >= 11 is 0. The van der Waals surface area contributed by atoms with Crippen molar-refractivity contribution >= 4 is 0 Å². The van der Waals surface area contributed by atoms with Gasteiger partial charge < -0.3 is 9.84 Å². The average molecular weight is 179 g/mol. The first-order valence-corrected chi connectivity index (χ1v) is 4.53. The molecule has 13 heavy (non-hydrogen) atoms. The van der Waals surface area contributed by atoms with Gasteiger partial charge in [0.1, 0.15) is 11.4 Å². The molecule has 0 saturated heterocycles. The Kier molecular flexibility index (Phi) is 2.19. The van der Waals surface area contributed by atoms with Crippen LogP contribution in [-0.2, 0) is 6.61 Å². The first-order chi connectivity index (χ1) is 6.29. The van der Waals surface area contributed by atoms with E-state index in [1.165, 1.54) is 0 Å². The van der Waals surface area contributed by atoms with Crippen molar-refractivity contribution in [2.45, 2.75) is 32.5 Å². The third kappa shape index (κ3) is 1.98. The highest BCUT2D eigenvalue weighted by Crippen LogP contribution is 2.28. The molecule has 1 heterocycles. The van der Waals surface area contributed by atoms with E-state index >= 15 is 0 Å². The number of aromatic nitrogens is 1. The predicted molar refractivity (Wildman–Crippen MR) is 48.5 cm³/mol. The molecule has 0 bridgehead atoms. The minimum atomic E-state index is -0.0519. The topological polar surface area (TPSA) is 42.4 Å². The molecule has 70 valence electrons. The molecule has 1 saturated carbocycles. The van der Waals surface area contributed by atoms with Gasteiger partial charge in [-0.25, -0.2) is 0 Å². The molecule has 3 heteroatoms. The van der Waals surface area contributed by atoms with Gasteiger partial charge in [-0.1, -0.05) is 0 Å². The van der Waals surface area contributed by atoms with Crippen LogP contribution in [-0.4, -0.2) is 16.2 Å². The van der Waals surface area contributed by atoms with Crippen molar-refractivity contribution < 1.29 is 9.84 Å². The van der Waals surface area contributed by atoms with E-state index in [1.807, 2.05) is 19.1 Å². The van der Waals surface area contributed by atoms with Gasteiger partial charge in [0.2, 0.25) is 0 Å². The molecule has 0 atom stereocenters. The van der Waals surface area contributed by atoms with Gasteiger partial charge in [-0.05, 0) is 31.9 Å². The maximum absolute atomic E-state index is 9.03. The average Bonchev–Trinajstić information content (AvgIpc) is 2.92. The lowest BCUT2D eigenvalue weighted by molar-refractivity contribution is 0.252. The molecule has 0 aliphatic heterocycles. The van der Waals surface area contributed by atoms with E-state index in [-0.39, 0.29) is 6.61 Å². The van der Waals surface area contributed by atoms with Gasteiger partial charge >= 0.3 is 0 Å². The highest BCUT2D eigenvalue weighted by molar-refractivity contribution is 5.29. The van der Waals surface area contributed by atoms with Crippen molar-refractivity contribution in [3.8, 4) is 5.75 Å². The summed E-state index contributed by atoms with van der Waals surface area (Å²) < 4.78 is 5.58. The van der Waals surface area contributed by atoms with E-state index in [2.05, 4.69) is 4.98 Å². The first kappa shape index (κ1) is 8.51. The second kappa shape index (κ2) is 3.34. The van der Waals surface area contributed by atoms with E-state index in [4.69, 9.17) is 9.84 Å². The highest BCUT2D eigenvalue weighted by Gasteiger charge is 2.24. The maximum atomic E-state index is 9.03. The van der Waals surface area contributed by atoms with Gasteiger partial charge in [0.25, 0.3) is 0 Å². The number of nitrogens with zero attached hydrogens (tertiary/aromatic N) is 1. The lowest BCUT2D eigenvalue weighted by atomic mass is 10.3. The Morgan fingerprint density at radius 2 is 2.31 bits per heavy atom. The number of ether oxygens (including phenoxy) is 1. The summed E-state index contributed by atoms with van der Waals surface area (Å²) in [6.07, 6.45) is 2.60. The maximum Gasteiger partial charge on any atom is 0.143 e. The molecule has 1 aliphatic rings. The first-order valence-electron chi connectivity index (χ1n) is 4.53. The van der Waals surface area contributed by atoms with Crippen LogP contribution >= 0.6 is 0 Å². The number of hydrogen-bond acceptors (Lipinski definition) is 3. The quantitative estimate of drug-likeness (QED) is 0.763. The molecular formula is C10H13NO2. The fraction of sp³-hybridized carbons (Fsp3) is 0.500. The standard InChI is InChI=1S/C10H13NO2/c1-7-2-5-10(9(6-12)11-7)13-8-3-4-8/h2,5,8,12H,3-4,6H2,1H3. The van der Waals surface area contributed by atoms with E-state index < -0.39 is 0 Å². The molecule has 3 nitrogen and oxygen atoms in total. The summed E-state index contributed by atoms with van der Waals surface area (Å²) in [5.74, 6) is 0.732. The molecule has 2 rings (SSSR count). The molecule has 0 radical (unpaired) electrons. The van der Waals surface area contributed by atoms with Crippen molar-refractivity contribution in [2.75, 3.05) is 0 Å². The largest absolute Gasteiger partial charge is 0.488 e. The fourth-order valence-electron chi connectivity index (χ4n) is 1.18. The third-order valence-electron chi connectivity index (χ3n) is 2.04. The van der Waals surface area contributed by atoms with Crippen LogP contribution in [0.1, 0.15) is 24.2 Å². The number of pyridine rings is 1. The van der Waals surface area contributed by atoms with E-state index in [0.717, 1.165) is 24.3 Å². The lowest BCUT2D eigenvalue weighted by Gasteiger charge is -2.08. The second-order valence-electron chi connectivity index (χ2n) is 3.37. The van der Waals surface area contributed by atoms with Crippen LogP contribution in [0.5, 0.6) is 5.75 Å². The van der Waals surface area contributed by atoms with Gasteiger partial charge in [0.05, 0.1) is 12.7 Å². The van der Waals surface area contributed by atoms with E-state index in [9.17, 15) is 0 Å². The molecule has 0 spiro atoms. The Bertz CT molecular complexity index is 308. The molecule has 0 aromatic carbocycles. The van der Waals surface area contributed by atoms with Gasteiger partial charge in [0.15, 0.2) is 0 Å². The summed E-state index contributed by atoms with van der Waals surface area (Å²) in [5.41, 5.74) is 1.55. The second-order valence-corrected chi connectivity index (χ2v) is 3.37. The molecular weight excluding hydrogens is 166 g/mol. The molecule has 0 unspecified atom stereocenters. The zero-order valence-electron chi connectivity index (χ0n) is 7.66. The van der Waals surface area contributed by atoms with Gasteiger partial charge in [-0.15, -0.1) is 0 Å². The highest BCUT2D eigenvalue weighted by atomic mass is 16.5. The summed E-state index contributed by atoms with van der Waals surface area (Å²) in [5, 5.41) is 9.03. The Balaban J connectivity index is 2.21. The number of hydrogen-bond donors (Lipinski definition) is 1. The van der Waals surface area contributed by atoms with Crippen molar-refractivity contribution in [3.63, 3.8) is 0 Å². The van der Waals surface area contributed by atoms with Gasteiger partial charge in [0, 0.05) is 5.69 Å². The van der Waals surface area contributed by atoms with Crippen LogP contribution in [0.2, 0.25) is 0 Å². The Morgan fingerprint density at radius 1 is 1.54 bits per heavy atom. The lowest BCUT2D eigenvalue weighted by Crippen LogP contribution is -2.02. The van der Waals surface area contributed by atoms with Crippen molar-refractivity contribution in [1.82, 2.24) is 4.98 Å². The zero-order chi connectivity index (χ0) is 9.26. The van der Waals surface area contributed by atoms with Crippen LogP contribution < -0.4 is 4.74 Å². The van der Waals surface area contributed by atoms with Crippen LogP contribution in [0.15, 0.2) is 12.1 Å². The van der Waals surface area contributed by atoms with E-state index in [1.54, 1.807) is 0 Å². The Hall–Kier alpha value is -1.09. The monoisotopic (exact) mass is 179 g/mol. The fourth-order valence-corrected chi connectivity index (χ4v) is 1.18. The molecule has 1 aromatic rings. The zero-order valence-corrected chi connectivity index (χ0v) is 7.66. The smallest absolute Gasteiger partial charge is 0.143 e. The van der Waals surface area contributed by atoms with Crippen LogP contribution in [0.4, 0.5) is 0 Å². The molecule has 1 aromatic heterocycles. The summed E-state index contributed by atoms with van der Waals surface area (Å²) in [6, 6.07) is 3.78. The van der Waals surface area contributed by atoms with Crippen molar-refractivity contribution in [2.24, 2.45) is 0 Å². The normalized spacial score (nSPS) is 15.8. The Labute approximate surface area is 77.4 Å². The van der Waals surface area contributed by atoms with Gasteiger partial charge in [-0.2, -0.15) is 0 Å². The summed E-state index contributed by atoms with van der Waals surface area (Å²) in [7, 11) is 0. The van der Waals surface area contributed by atoms with E-state index in [0.29, 0.717) is 11.8 Å². The third-order valence-corrected chi connectivity index (χ3v) is 2.04. The van der Waals surface area contributed by atoms with Crippen molar-refractivity contribution in [1.29, 1.82) is 0 Å². The van der Waals surface area contributed by atoms with Crippen LogP contribution in [0, 0.1) is 6.92 Å². The predicted octanol–water partition coefficient (Wildman–Crippen LogP) is 1.42. The minimum absolute atomic E-state index is 0.0519. The number of aliphatic hydroxyl groups excluding tert-OH is 1. The molecule has 0 amide bonds. The van der Waals surface area contributed by atoms with Crippen molar-refractivity contribution in [3.05, 3.63) is 23.5 Å².